The summed E-state index contributed by atoms with van der Waals surface area (Å²) >= 11 is 21.0. The molecule has 0 fully saturated rings. The molecule has 0 saturated carbocycles. The van der Waals surface area contributed by atoms with Gasteiger partial charge in [0.2, 0.25) is 16.9 Å². The number of carboxylic acid groups (broad SMARTS) is 1. The van der Waals surface area contributed by atoms with Crippen molar-refractivity contribution in [1.29, 1.82) is 0 Å². The monoisotopic (exact) mass is 2220 g/mol. The zero-order valence-corrected chi connectivity index (χ0v) is 96.2. The van der Waals surface area contributed by atoms with Crippen molar-refractivity contribution in [2.75, 3.05) is 39.4 Å². The predicted molar refractivity (Wildman–Crippen MR) is 593 cm³/mol. The Morgan fingerprint density at radius 2 is 0.793 bits per heavy atom. The van der Waals surface area contributed by atoms with Gasteiger partial charge in [0.1, 0.15) is 24.7 Å². The highest BCUT2D eigenvalue weighted by atomic mass is 79.9. The minimum atomic E-state index is -1.41. The van der Waals surface area contributed by atoms with Crippen LogP contribution in [-0.2, 0) is 43.6 Å². The molecule has 5 N–H and O–H groups in total. The average Bonchev–Trinajstić information content (AvgIpc) is 1.21. The number of carbonyl (C=O) groups excluding carboxylic acids is 4. The largest absolute Gasteiger partial charge is 0.476 e. The van der Waals surface area contributed by atoms with Gasteiger partial charge in [0, 0.05) is 134 Å². The van der Waals surface area contributed by atoms with E-state index in [0.717, 1.165) is 47.8 Å². The van der Waals surface area contributed by atoms with E-state index in [2.05, 4.69) is 147 Å². The van der Waals surface area contributed by atoms with Gasteiger partial charge in [-0.05, 0) is 227 Å². The van der Waals surface area contributed by atoms with Crippen molar-refractivity contribution < 1.29 is 67.2 Å². The van der Waals surface area contributed by atoms with Crippen molar-refractivity contribution >= 4 is 187 Å². The van der Waals surface area contributed by atoms with Crippen molar-refractivity contribution in [2.24, 2.45) is 0 Å². The molecule has 13 rings (SSSR count). The third-order valence-corrected chi connectivity index (χ3v) is 34.1. The molecule has 0 aliphatic carbocycles. The van der Waals surface area contributed by atoms with Gasteiger partial charge in [-0.3, -0.25) is 24.1 Å². The van der Waals surface area contributed by atoms with Crippen LogP contribution in [0.2, 0.25) is 51.4 Å². The molecule has 13 aromatic rings. The van der Waals surface area contributed by atoms with Crippen LogP contribution < -0.4 is 20.0 Å². The molecular weight excluding hydrogens is 2080 g/mol. The molecule has 140 heavy (non-hydrogen) atoms. The van der Waals surface area contributed by atoms with E-state index in [1.807, 2.05) is 246 Å². The van der Waals surface area contributed by atoms with Crippen LogP contribution in [-0.4, -0.2) is 194 Å². The van der Waals surface area contributed by atoms with E-state index < -0.39 is 80.2 Å². The number of carboxylic acids is 1. The summed E-state index contributed by atoms with van der Waals surface area (Å²) in [5.41, 5.74) is -2.64. The van der Waals surface area contributed by atoms with Crippen LogP contribution in [0.4, 0.5) is 9.59 Å². The predicted octanol–water partition coefficient (Wildman–Crippen LogP) is 25.5. The molecule has 0 spiro atoms. The number of aromatic nitrogens is 4. The zero-order valence-electron chi connectivity index (χ0n) is 83.6. The number of nitrogens with one attached hydrogen (secondary N) is 1. The molecule has 38 heteroatoms. The minimum absolute atomic E-state index is 0.00413. The van der Waals surface area contributed by atoms with Crippen molar-refractivity contribution in [3.8, 4) is 5.75 Å². The molecule has 0 bridgehead atoms. The van der Waals surface area contributed by atoms with Crippen LogP contribution in [0.3, 0.4) is 0 Å². The molecule has 0 aromatic carbocycles. The lowest BCUT2D eigenvalue weighted by molar-refractivity contribution is -0.121. The Labute approximate surface area is 879 Å². The summed E-state index contributed by atoms with van der Waals surface area (Å²) < 4.78 is 29.6. The maximum Gasteiger partial charge on any atom is 0.410 e. The Hall–Kier alpha value is -7.92. The Kier molecular flexibility index (Phi) is 50.6. The van der Waals surface area contributed by atoms with Crippen LogP contribution in [0, 0.1) is 6.92 Å². The summed E-state index contributed by atoms with van der Waals surface area (Å²) in [6.07, 6.45) is 1.24. The SMILES string of the molecule is CC(C)N(CC(=O)C(c1cccs1)c1cccs1)C(=O)OC(C)(C)C.CC(C)N(CC(O)C(c1cccs1)c1cccs1)C(=O)OC(C)(C)C.CC(C)NCC(O)C(c1cccs1)c1cccs1.C[Si](C)(C)CCOCn1cc(OBr)c(=O)c(C(=O)O)n1.Cc1cn(COCC[Si](C)(C)C)nc(C(=O)N(CC(O)C(c2cccs2)c2cccs2)C(C)C)c1=O.c1ccsc1.c1csc(Cc2cccs2)c1. The molecule has 0 radical (unpaired) electrons. The summed E-state index contributed by atoms with van der Waals surface area (Å²) in [6.45, 7) is 44.2. The summed E-state index contributed by atoms with van der Waals surface area (Å²) in [5, 5.41) is 77.5. The first-order valence-corrected chi connectivity index (χ1v) is 63.8. The van der Waals surface area contributed by atoms with E-state index >= 15 is 0 Å². The van der Waals surface area contributed by atoms with E-state index in [9.17, 15) is 48.9 Å². The molecule has 0 saturated heterocycles. The molecule has 3 amide bonds. The van der Waals surface area contributed by atoms with Crippen LogP contribution >= 0.6 is 141 Å². The zero-order chi connectivity index (χ0) is 103. The number of rotatable bonds is 39. The Balaban J connectivity index is 0.000000232. The van der Waals surface area contributed by atoms with E-state index in [1.165, 1.54) is 40.0 Å². The van der Waals surface area contributed by atoms with Crippen LogP contribution in [0.1, 0.15) is 196 Å². The standard InChI is InChI=1S/C26H37N3O4S2Si.C19H27NO3S2.C19H25NO3S2.C14H19NOS2.C11H17BrN2O5Si.C9H8S2.C4H4S/c1-18(2)29(16-20(30)23(21-9-7-12-34-21)22-10-8-13-35-22)26(32)24-25(31)19(3)15-28(27-24)17-33-11-14-36(4,5)6;2*1-13(2)20(18(22)23-19(3,4)5)12-14(21)17(15-8-6-10-24-15)16-9-7-11-25-16;1-10(2)15-9-11(16)14(12-5-3-7-17-12)13-6-4-8-18-13;1-20(2,3)5-4-18-7-14-6-8(19-12)10(15)9(13-14)11(16)17;1-3-8(10-5-1)7-9-4-2-6-11-9;1-2-4-5-3-1/h7-10,12-13,15,18,20,23,30H,11,14,16-17H2,1-6H3;6-11,13-14,17,21H,12H2,1-5H3;6-11,13,17H,12H2,1-5H3;3-8,10-11,14-16H,9H2,1-2H3;6H,4-5,7H2,1-3H3,(H,16,17);1-6H,7H2;1-4H. The number of aromatic carboxylic acids is 1. The van der Waals surface area contributed by atoms with Gasteiger partial charge in [0.05, 0.1) is 61.3 Å². The second kappa shape index (κ2) is 59.5. The molecule has 0 aliphatic heterocycles. The topological polar surface area (TPSA) is 304 Å². The number of ether oxygens (including phenoxy) is 4. The smallest absolute Gasteiger partial charge is 0.410 e. The molecular formula is C102H137BrN8O16S11Si2. The molecule has 24 nitrogen and oxygen atoms in total. The van der Waals surface area contributed by atoms with Gasteiger partial charge >= 0.3 is 18.2 Å². The molecule has 13 aromatic heterocycles. The van der Waals surface area contributed by atoms with E-state index in [0.29, 0.717) is 31.4 Å². The van der Waals surface area contributed by atoms with Crippen molar-refractivity contribution in [3.63, 3.8) is 0 Å². The summed E-state index contributed by atoms with van der Waals surface area (Å²) in [6, 6.07) is 46.7. The fourth-order valence-electron chi connectivity index (χ4n) is 13.3. The molecule has 762 valence electrons. The van der Waals surface area contributed by atoms with Gasteiger partial charge in [0.25, 0.3) is 11.3 Å². The summed E-state index contributed by atoms with van der Waals surface area (Å²) in [5.74, 6) is -2.65. The van der Waals surface area contributed by atoms with Gasteiger partial charge in [-0.1, -0.05) is 126 Å². The lowest BCUT2D eigenvalue weighted by atomic mass is 9.97. The fraction of sp³-hybridized carbons (Fsp3) is 0.441. The number of Topliss-reactive ketones (excluding diaryl/α,β-unsaturated/α-hetero) is 1. The van der Waals surface area contributed by atoms with Crippen molar-refractivity contribution in [2.45, 2.75) is 252 Å². The number of hydrogen-bond acceptors (Lipinski definition) is 29. The number of amides is 3. The Morgan fingerprint density at radius 1 is 0.450 bits per heavy atom. The summed E-state index contributed by atoms with van der Waals surface area (Å²) in [4.78, 5) is 103. The first-order chi connectivity index (χ1) is 66.2. The van der Waals surface area contributed by atoms with E-state index in [4.69, 9.17) is 24.1 Å². The minimum Gasteiger partial charge on any atom is -0.476 e. The van der Waals surface area contributed by atoms with Gasteiger partial charge in [-0.2, -0.15) is 21.5 Å². The highest BCUT2D eigenvalue weighted by Gasteiger charge is 2.37. The third kappa shape index (κ3) is 41.7. The normalized spacial score (nSPS) is 12.2. The maximum absolute atomic E-state index is 13.6. The highest BCUT2D eigenvalue weighted by Crippen LogP contribution is 2.39. The molecule has 0 aliphatic rings. The van der Waals surface area contributed by atoms with Gasteiger partial charge in [0.15, 0.2) is 27.7 Å². The number of carbonyl (C=O) groups is 5. The second-order valence-electron chi connectivity index (χ2n) is 38.1. The highest BCUT2D eigenvalue weighted by molar-refractivity contribution is 9.06. The number of thiophene rings is 11. The number of aliphatic hydroxyl groups excluding tert-OH is 3. The van der Waals surface area contributed by atoms with Crippen LogP contribution in [0.25, 0.3) is 0 Å². The van der Waals surface area contributed by atoms with Crippen LogP contribution in [0.15, 0.2) is 220 Å². The summed E-state index contributed by atoms with van der Waals surface area (Å²) in [7, 11) is -2.41. The van der Waals surface area contributed by atoms with Crippen molar-refractivity contribution in [3.05, 3.63) is 297 Å². The number of nitrogens with zero attached hydrogens (tertiary/aromatic N) is 7. The molecule has 3 unspecified atom stereocenters. The number of halogens is 1. The van der Waals surface area contributed by atoms with Gasteiger partial charge in [-0.15, -0.1) is 113 Å². The van der Waals surface area contributed by atoms with Crippen LogP contribution in [0.5, 0.6) is 5.75 Å². The lowest BCUT2D eigenvalue weighted by Crippen LogP contribution is -2.46. The molecule has 13 heterocycles. The molecule has 3 atom stereocenters. The Morgan fingerprint density at radius 3 is 1.11 bits per heavy atom. The first kappa shape index (κ1) is 119. The third-order valence-electron chi connectivity index (χ3n) is 20.4. The van der Waals surface area contributed by atoms with E-state index in [1.54, 1.807) is 125 Å². The van der Waals surface area contributed by atoms with Gasteiger partial charge in [-0.25, -0.2) is 23.7 Å². The first-order valence-electron chi connectivity index (χ1n) is 46.0. The quantitative estimate of drug-likeness (QED) is 0.0177. The van der Waals surface area contributed by atoms with Crippen molar-refractivity contribution in [1.82, 2.24) is 39.6 Å². The number of aryl methyl sites for hydroxylation is 1. The number of aliphatic hydroxyl groups is 3. The number of ketones is 1. The van der Waals surface area contributed by atoms with E-state index in [-0.39, 0.29) is 98.2 Å². The Bertz CT molecular complexity index is 5530. The van der Waals surface area contributed by atoms with Gasteiger partial charge < -0.3 is 58.3 Å². The second-order valence-corrected chi connectivity index (χ2v) is 60.4. The average molecular weight is 2220 g/mol. The number of hydrogen-bond donors (Lipinski definition) is 5. The maximum atomic E-state index is 13.6. The fourth-order valence-corrected chi connectivity index (χ4v) is 24.5. The lowest BCUT2D eigenvalue weighted by Gasteiger charge is -2.33.